The van der Waals surface area contributed by atoms with E-state index in [2.05, 4.69) is 38.1 Å². The van der Waals surface area contributed by atoms with Crippen molar-refractivity contribution < 1.29 is 0 Å². The van der Waals surface area contributed by atoms with Crippen LogP contribution in [-0.4, -0.2) is 37.3 Å². The van der Waals surface area contributed by atoms with Crippen molar-refractivity contribution in [1.82, 2.24) is 24.2 Å². The van der Waals surface area contributed by atoms with E-state index < -0.39 is 5.69 Å². The van der Waals surface area contributed by atoms with E-state index in [9.17, 15) is 9.59 Å². The highest BCUT2D eigenvalue weighted by Gasteiger charge is 2.25. The second-order valence-corrected chi connectivity index (χ2v) is 6.80. The van der Waals surface area contributed by atoms with Gasteiger partial charge in [0, 0.05) is 30.1 Å². The summed E-state index contributed by atoms with van der Waals surface area (Å²) in [5.41, 5.74) is -0.0640. The minimum absolute atomic E-state index is 0.187. The fourth-order valence-corrected chi connectivity index (χ4v) is 3.52. The number of nitrogens with zero attached hydrogens (tertiary/aromatic N) is 3. The van der Waals surface area contributed by atoms with Gasteiger partial charge in [0.05, 0.1) is 6.54 Å². The molecular weight excluding hydrogens is 302 g/mol. The molecule has 0 spiro atoms. The van der Waals surface area contributed by atoms with E-state index in [0.29, 0.717) is 5.92 Å². The quantitative estimate of drug-likeness (QED) is 0.877. The van der Waals surface area contributed by atoms with Gasteiger partial charge in [0.25, 0.3) is 5.56 Å². The van der Waals surface area contributed by atoms with E-state index in [1.54, 1.807) is 0 Å². The molecule has 0 saturated carbocycles. The van der Waals surface area contributed by atoms with Crippen molar-refractivity contribution in [3.05, 3.63) is 43.4 Å². The normalized spacial score (nSPS) is 19.1. The Morgan fingerprint density at radius 1 is 1.41 bits per heavy atom. The van der Waals surface area contributed by atoms with Crippen LogP contribution in [0.15, 0.2) is 15.7 Å². The van der Waals surface area contributed by atoms with Crippen LogP contribution in [-0.2, 0) is 6.54 Å². The molecule has 0 bridgehead atoms. The Morgan fingerprint density at radius 3 is 2.91 bits per heavy atom. The molecule has 2 aromatic heterocycles. The topological polar surface area (TPSA) is 94.7 Å². The molecule has 0 amide bonds. The van der Waals surface area contributed by atoms with E-state index in [1.165, 1.54) is 17.6 Å². The van der Waals surface area contributed by atoms with Crippen LogP contribution in [0.3, 0.4) is 0 Å². The van der Waals surface area contributed by atoms with Crippen LogP contribution in [0.25, 0.3) is 0 Å². The van der Waals surface area contributed by atoms with Crippen LogP contribution in [0.2, 0.25) is 0 Å². The molecule has 8 heteroatoms. The Kier molecular flexibility index (Phi) is 4.21. The molecule has 1 saturated heterocycles. The maximum atomic E-state index is 11.4. The van der Waals surface area contributed by atoms with Gasteiger partial charge in [-0.1, -0.05) is 13.8 Å². The number of hydrogen-bond acceptors (Lipinski definition) is 6. The second kappa shape index (κ2) is 6.13. The molecule has 1 aliphatic heterocycles. The molecule has 2 aromatic rings. The predicted molar refractivity (Wildman–Crippen MR) is 84.3 cm³/mol. The van der Waals surface area contributed by atoms with Gasteiger partial charge < -0.3 is 4.98 Å². The van der Waals surface area contributed by atoms with Crippen LogP contribution in [0.4, 0.5) is 0 Å². The summed E-state index contributed by atoms with van der Waals surface area (Å²) in [7, 11) is 0. The third-order valence-electron chi connectivity index (χ3n) is 3.85. The second-order valence-electron chi connectivity index (χ2n) is 5.96. The molecule has 1 fully saturated rings. The van der Waals surface area contributed by atoms with Crippen molar-refractivity contribution in [3.8, 4) is 0 Å². The lowest BCUT2D eigenvalue weighted by Crippen LogP contribution is -2.25. The van der Waals surface area contributed by atoms with Crippen molar-refractivity contribution in [1.29, 1.82) is 0 Å². The lowest BCUT2D eigenvalue weighted by molar-refractivity contribution is 0.325. The average molecular weight is 321 g/mol. The Bertz CT molecular complexity index is 735. The highest BCUT2D eigenvalue weighted by Crippen LogP contribution is 2.26. The fourth-order valence-electron chi connectivity index (χ4n) is 2.70. The highest BCUT2D eigenvalue weighted by molar-refractivity contribution is 7.05. The third kappa shape index (κ3) is 3.33. The SMILES string of the molecule is CC(C)c1nsc(CN2CCC(c3cc(=O)[nH]c(=O)[nH]3)C2)n1. The number of aromatic nitrogens is 4. The van der Waals surface area contributed by atoms with Gasteiger partial charge in [-0.05, 0) is 24.5 Å². The summed E-state index contributed by atoms with van der Waals surface area (Å²) >= 11 is 1.45. The lowest BCUT2D eigenvalue weighted by Gasteiger charge is -2.13. The van der Waals surface area contributed by atoms with Crippen LogP contribution >= 0.6 is 11.5 Å². The number of likely N-dealkylation sites (tertiary alicyclic amines) is 1. The number of aromatic amines is 2. The summed E-state index contributed by atoms with van der Waals surface area (Å²) in [4.78, 5) is 34.5. The molecule has 0 radical (unpaired) electrons. The summed E-state index contributed by atoms with van der Waals surface area (Å²) in [6, 6.07) is 1.48. The van der Waals surface area contributed by atoms with Gasteiger partial charge in [0.1, 0.15) is 10.8 Å². The Morgan fingerprint density at radius 2 is 2.23 bits per heavy atom. The van der Waals surface area contributed by atoms with Crippen molar-refractivity contribution in [2.24, 2.45) is 0 Å². The van der Waals surface area contributed by atoms with E-state index in [4.69, 9.17) is 0 Å². The first-order valence-electron chi connectivity index (χ1n) is 7.39. The molecule has 3 rings (SSSR count). The zero-order chi connectivity index (χ0) is 15.7. The molecule has 0 aromatic carbocycles. The first-order valence-corrected chi connectivity index (χ1v) is 8.17. The van der Waals surface area contributed by atoms with Crippen molar-refractivity contribution in [2.75, 3.05) is 13.1 Å². The minimum atomic E-state index is -0.438. The smallest absolute Gasteiger partial charge is 0.311 e. The van der Waals surface area contributed by atoms with E-state index >= 15 is 0 Å². The molecule has 3 heterocycles. The van der Waals surface area contributed by atoms with E-state index in [0.717, 1.165) is 42.6 Å². The zero-order valence-electron chi connectivity index (χ0n) is 12.6. The molecule has 0 aliphatic carbocycles. The molecule has 2 N–H and O–H groups in total. The van der Waals surface area contributed by atoms with Crippen LogP contribution in [0, 0.1) is 0 Å². The van der Waals surface area contributed by atoms with E-state index in [-0.39, 0.29) is 11.5 Å². The number of hydrogen-bond donors (Lipinski definition) is 2. The fraction of sp³-hybridized carbons (Fsp3) is 0.571. The molecule has 118 valence electrons. The summed E-state index contributed by atoms with van der Waals surface area (Å²) in [5, 5.41) is 1.02. The lowest BCUT2D eigenvalue weighted by atomic mass is 10.1. The highest BCUT2D eigenvalue weighted by atomic mass is 32.1. The van der Waals surface area contributed by atoms with Crippen molar-refractivity contribution >= 4 is 11.5 Å². The van der Waals surface area contributed by atoms with Gasteiger partial charge in [-0.2, -0.15) is 4.37 Å². The van der Waals surface area contributed by atoms with Gasteiger partial charge in [-0.3, -0.25) is 14.7 Å². The molecule has 7 nitrogen and oxygen atoms in total. The maximum absolute atomic E-state index is 11.4. The third-order valence-corrected chi connectivity index (χ3v) is 4.56. The molecule has 1 atom stereocenters. The first kappa shape index (κ1) is 15.1. The summed E-state index contributed by atoms with van der Waals surface area (Å²) in [6.45, 7) is 6.68. The summed E-state index contributed by atoms with van der Waals surface area (Å²) < 4.78 is 4.37. The average Bonchev–Trinajstić information content (AvgIpc) is 3.07. The van der Waals surface area contributed by atoms with Gasteiger partial charge in [-0.15, -0.1) is 0 Å². The molecule has 1 aliphatic rings. The van der Waals surface area contributed by atoms with Crippen LogP contribution < -0.4 is 11.2 Å². The number of rotatable bonds is 4. The summed E-state index contributed by atoms with van der Waals surface area (Å²) in [6.07, 6.45) is 0.926. The largest absolute Gasteiger partial charge is 0.325 e. The molecular formula is C14H19N5O2S. The van der Waals surface area contributed by atoms with Gasteiger partial charge in [-0.25, -0.2) is 9.78 Å². The molecule has 22 heavy (non-hydrogen) atoms. The van der Waals surface area contributed by atoms with Gasteiger partial charge in [0.15, 0.2) is 0 Å². The minimum Gasteiger partial charge on any atom is -0.311 e. The van der Waals surface area contributed by atoms with Crippen molar-refractivity contribution in [3.63, 3.8) is 0 Å². The number of nitrogens with one attached hydrogen (secondary N) is 2. The van der Waals surface area contributed by atoms with Gasteiger partial charge in [0.2, 0.25) is 0 Å². The van der Waals surface area contributed by atoms with E-state index in [1.807, 2.05) is 0 Å². The van der Waals surface area contributed by atoms with Gasteiger partial charge >= 0.3 is 5.69 Å². The zero-order valence-corrected chi connectivity index (χ0v) is 13.4. The molecule has 1 unspecified atom stereocenters. The summed E-state index contributed by atoms with van der Waals surface area (Å²) in [5.74, 6) is 1.43. The Hall–Kier alpha value is -1.80. The van der Waals surface area contributed by atoms with Crippen molar-refractivity contribution in [2.45, 2.75) is 38.6 Å². The number of H-pyrrole nitrogens is 2. The maximum Gasteiger partial charge on any atom is 0.325 e. The first-order chi connectivity index (χ1) is 10.5. The Labute approximate surface area is 131 Å². The van der Waals surface area contributed by atoms with Crippen LogP contribution in [0.5, 0.6) is 0 Å². The standard InChI is InChI=1S/C14H19N5O2S/c1-8(2)13-17-12(22-18-13)7-19-4-3-9(6-19)10-5-11(20)16-14(21)15-10/h5,8-9H,3-4,6-7H2,1-2H3,(H2,15,16,20,21). The monoisotopic (exact) mass is 321 g/mol. The predicted octanol–water partition coefficient (Wildman–Crippen LogP) is 1.03. The van der Waals surface area contributed by atoms with Crippen LogP contribution in [0.1, 0.15) is 48.6 Å². The Balaban J connectivity index is 1.66.